The van der Waals surface area contributed by atoms with Gasteiger partial charge in [-0.2, -0.15) is 0 Å². The van der Waals surface area contributed by atoms with Crippen molar-refractivity contribution in [2.75, 3.05) is 23.7 Å². The molecule has 10 heteroatoms. The lowest BCUT2D eigenvalue weighted by molar-refractivity contribution is -0.132. The number of aromatic nitrogens is 1. The van der Waals surface area contributed by atoms with Crippen LogP contribution < -0.4 is 20.7 Å². The van der Waals surface area contributed by atoms with Gasteiger partial charge in [-0.3, -0.25) is 4.79 Å². The van der Waals surface area contributed by atoms with E-state index < -0.39 is 15.4 Å². The van der Waals surface area contributed by atoms with E-state index in [0.717, 1.165) is 12.1 Å². The van der Waals surface area contributed by atoms with Crippen LogP contribution in [-0.4, -0.2) is 38.4 Å². The number of carbonyl (C=O) groups excluding carboxylic acids is 1. The summed E-state index contributed by atoms with van der Waals surface area (Å²) in [6, 6.07) is 7.18. The molecule has 1 atom stereocenters. The first-order chi connectivity index (χ1) is 15.7. The van der Waals surface area contributed by atoms with Crippen molar-refractivity contribution in [2.45, 2.75) is 56.5 Å². The van der Waals surface area contributed by atoms with Crippen LogP contribution in [0.4, 0.5) is 15.9 Å². The highest BCUT2D eigenvalue weighted by atomic mass is 32.2. The minimum atomic E-state index is -3.72. The number of pyridine rings is 1. The molecule has 2 heterocycles. The SMILES string of the molecule is C[C@@H](NC(=O)[C@]1(C)CC[C@@H](NS(=O)(=O)c2cnc3c(c2)NCCN3)CC1)c1ccc(F)cc1. The minimum absolute atomic E-state index is 0.0712. The molecule has 1 aromatic heterocycles. The number of halogens is 1. The summed E-state index contributed by atoms with van der Waals surface area (Å²) in [6.45, 7) is 5.22. The standard InChI is InChI=1S/C23H30FN5O3S/c1-15(16-3-5-17(24)6-4-16)28-22(30)23(2)9-7-18(8-10-23)29-33(31,32)19-13-20-21(27-14-19)26-12-11-25-20/h3-6,13-15,18,25,29H,7-12H2,1-2H3,(H,26,27)(H,28,30)/t15-,18-,23-/m1/s1. The Morgan fingerprint density at radius 2 is 1.85 bits per heavy atom. The maximum absolute atomic E-state index is 13.2. The second-order valence-electron chi connectivity index (χ2n) is 9.12. The number of amides is 1. The van der Waals surface area contributed by atoms with Crippen LogP contribution in [0.5, 0.6) is 0 Å². The first-order valence-corrected chi connectivity index (χ1v) is 12.7. The van der Waals surface area contributed by atoms with E-state index in [4.69, 9.17) is 0 Å². The molecule has 1 aromatic carbocycles. The molecule has 2 aliphatic rings. The Kier molecular flexibility index (Phi) is 6.58. The van der Waals surface area contributed by atoms with Gasteiger partial charge in [-0.25, -0.2) is 22.5 Å². The van der Waals surface area contributed by atoms with Crippen molar-refractivity contribution in [1.29, 1.82) is 0 Å². The van der Waals surface area contributed by atoms with Crippen LogP contribution in [-0.2, 0) is 14.8 Å². The lowest BCUT2D eigenvalue weighted by Crippen LogP contribution is -2.46. The first kappa shape index (κ1) is 23.4. The Morgan fingerprint density at radius 3 is 2.55 bits per heavy atom. The predicted molar refractivity (Wildman–Crippen MR) is 125 cm³/mol. The molecule has 2 aromatic rings. The smallest absolute Gasteiger partial charge is 0.242 e. The topological polar surface area (TPSA) is 112 Å². The van der Waals surface area contributed by atoms with Gasteiger partial charge in [0.1, 0.15) is 16.5 Å². The molecule has 33 heavy (non-hydrogen) atoms. The van der Waals surface area contributed by atoms with Crippen LogP contribution in [0.3, 0.4) is 0 Å². The zero-order chi connectivity index (χ0) is 23.6. The molecule has 8 nitrogen and oxygen atoms in total. The van der Waals surface area contributed by atoms with Gasteiger partial charge in [-0.05, 0) is 56.4 Å². The Morgan fingerprint density at radius 1 is 1.18 bits per heavy atom. The third-order valence-corrected chi connectivity index (χ3v) is 8.07. The molecule has 1 aliphatic heterocycles. The highest BCUT2D eigenvalue weighted by Gasteiger charge is 2.39. The monoisotopic (exact) mass is 475 g/mol. The van der Waals surface area contributed by atoms with E-state index in [1.54, 1.807) is 18.2 Å². The number of anilines is 2. The number of benzene rings is 1. The summed E-state index contributed by atoms with van der Waals surface area (Å²) in [5.41, 5.74) is 0.921. The van der Waals surface area contributed by atoms with Gasteiger partial charge in [0.15, 0.2) is 0 Å². The van der Waals surface area contributed by atoms with Crippen molar-refractivity contribution in [3.8, 4) is 0 Å². The van der Waals surface area contributed by atoms with Gasteiger partial charge in [-0.1, -0.05) is 19.1 Å². The van der Waals surface area contributed by atoms with Crippen LogP contribution in [0.25, 0.3) is 0 Å². The van der Waals surface area contributed by atoms with Crippen LogP contribution in [0, 0.1) is 11.2 Å². The molecule has 0 unspecified atom stereocenters. The second-order valence-corrected chi connectivity index (χ2v) is 10.8. The lowest BCUT2D eigenvalue weighted by Gasteiger charge is -2.37. The van der Waals surface area contributed by atoms with Crippen molar-refractivity contribution in [3.05, 3.63) is 47.9 Å². The molecule has 1 aliphatic carbocycles. The fourth-order valence-corrected chi connectivity index (χ4v) is 5.61. The van der Waals surface area contributed by atoms with E-state index in [0.29, 0.717) is 43.7 Å². The minimum Gasteiger partial charge on any atom is -0.380 e. The molecule has 1 fully saturated rings. The van der Waals surface area contributed by atoms with E-state index >= 15 is 0 Å². The predicted octanol–water partition coefficient (Wildman–Crippen LogP) is 3.16. The summed E-state index contributed by atoms with van der Waals surface area (Å²) in [6.07, 6.45) is 3.61. The summed E-state index contributed by atoms with van der Waals surface area (Å²) in [7, 11) is -3.72. The van der Waals surface area contributed by atoms with Crippen molar-refractivity contribution in [2.24, 2.45) is 5.41 Å². The van der Waals surface area contributed by atoms with Crippen molar-refractivity contribution < 1.29 is 17.6 Å². The van der Waals surface area contributed by atoms with Gasteiger partial charge in [-0.15, -0.1) is 0 Å². The Labute approximate surface area is 193 Å². The van der Waals surface area contributed by atoms with E-state index in [9.17, 15) is 17.6 Å². The van der Waals surface area contributed by atoms with Gasteiger partial charge in [0.05, 0.1) is 11.7 Å². The van der Waals surface area contributed by atoms with E-state index in [-0.39, 0.29) is 28.7 Å². The third kappa shape index (κ3) is 5.27. The molecule has 1 saturated carbocycles. The van der Waals surface area contributed by atoms with E-state index in [2.05, 4.69) is 25.7 Å². The van der Waals surface area contributed by atoms with Gasteiger partial charge in [0, 0.05) is 30.7 Å². The summed E-state index contributed by atoms with van der Waals surface area (Å²) >= 11 is 0. The van der Waals surface area contributed by atoms with Gasteiger partial charge < -0.3 is 16.0 Å². The number of carbonyl (C=O) groups is 1. The Bertz CT molecular complexity index is 1120. The van der Waals surface area contributed by atoms with Crippen molar-refractivity contribution in [1.82, 2.24) is 15.0 Å². The maximum atomic E-state index is 13.2. The lowest BCUT2D eigenvalue weighted by atomic mass is 9.73. The molecule has 4 N–H and O–H groups in total. The average molecular weight is 476 g/mol. The third-order valence-electron chi connectivity index (χ3n) is 6.58. The number of hydrogen-bond donors (Lipinski definition) is 4. The molecule has 178 valence electrons. The first-order valence-electron chi connectivity index (χ1n) is 11.2. The maximum Gasteiger partial charge on any atom is 0.242 e. The highest BCUT2D eigenvalue weighted by molar-refractivity contribution is 7.89. The van der Waals surface area contributed by atoms with Gasteiger partial charge in [0.25, 0.3) is 0 Å². The summed E-state index contributed by atoms with van der Waals surface area (Å²) in [5.74, 6) is 0.261. The second kappa shape index (κ2) is 9.26. The van der Waals surface area contributed by atoms with E-state index in [1.807, 2.05) is 13.8 Å². The number of fused-ring (bicyclic) bond motifs is 1. The molecule has 0 radical (unpaired) electrons. The molecule has 4 rings (SSSR count). The number of hydrogen-bond acceptors (Lipinski definition) is 6. The summed E-state index contributed by atoms with van der Waals surface area (Å²) < 4.78 is 41.7. The molecule has 1 amide bonds. The van der Waals surface area contributed by atoms with Crippen molar-refractivity contribution >= 4 is 27.4 Å². The largest absolute Gasteiger partial charge is 0.380 e. The van der Waals surface area contributed by atoms with Crippen LogP contribution >= 0.6 is 0 Å². The van der Waals surface area contributed by atoms with E-state index in [1.165, 1.54) is 18.3 Å². The highest BCUT2D eigenvalue weighted by Crippen LogP contribution is 2.37. The van der Waals surface area contributed by atoms with Crippen LogP contribution in [0.1, 0.15) is 51.1 Å². The zero-order valence-corrected chi connectivity index (χ0v) is 19.6. The van der Waals surface area contributed by atoms with Crippen LogP contribution in [0.15, 0.2) is 41.4 Å². The molecular formula is C23H30FN5O3S. The molecule has 0 bridgehead atoms. The number of sulfonamides is 1. The van der Waals surface area contributed by atoms with Crippen molar-refractivity contribution in [3.63, 3.8) is 0 Å². The zero-order valence-electron chi connectivity index (χ0n) is 18.8. The molecular weight excluding hydrogens is 445 g/mol. The fraction of sp³-hybridized carbons (Fsp3) is 0.478. The molecule has 0 spiro atoms. The van der Waals surface area contributed by atoms with Gasteiger partial charge >= 0.3 is 0 Å². The Balaban J connectivity index is 1.34. The fourth-order valence-electron chi connectivity index (χ4n) is 4.34. The number of rotatable bonds is 6. The van der Waals surface area contributed by atoms with Crippen LogP contribution in [0.2, 0.25) is 0 Å². The number of nitrogens with zero attached hydrogens (tertiary/aromatic N) is 1. The number of nitrogens with one attached hydrogen (secondary N) is 4. The van der Waals surface area contributed by atoms with Gasteiger partial charge in [0.2, 0.25) is 15.9 Å². The summed E-state index contributed by atoms with van der Waals surface area (Å²) in [5, 5.41) is 9.30. The Hall–Kier alpha value is -2.72. The molecule has 0 saturated heterocycles. The quantitative estimate of drug-likeness (QED) is 0.511. The average Bonchev–Trinajstić information content (AvgIpc) is 2.80. The normalized spacial score (nSPS) is 23.5. The summed E-state index contributed by atoms with van der Waals surface area (Å²) in [4.78, 5) is 17.3.